The van der Waals surface area contributed by atoms with Crippen LogP contribution in [0.2, 0.25) is 0 Å². The summed E-state index contributed by atoms with van der Waals surface area (Å²) in [5.41, 5.74) is 0. The van der Waals surface area contributed by atoms with Crippen molar-refractivity contribution in [1.82, 2.24) is 0 Å². The number of unbranched alkanes of at least 4 members (excludes halogenated alkanes) is 3. The molecule has 1 unspecified atom stereocenters. The fourth-order valence-electron chi connectivity index (χ4n) is 1.35. The van der Waals surface area contributed by atoms with E-state index in [-0.39, 0.29) is 0 Å². The molecule has 86 valence electrons. The van der Waals surface area contributed by atoms with E-state index < -0.39 is 6.29 Å². The lowest BCUT2D eigenvalue weighted by molar-refractivity contribution is -0.101. The van der Waals surface area contributed by atoms with Crippen LogP contribution in [0, 0.1) is 5.92 Å². The molecule has 0 radical (unpaired) electrons. The second-order valence-electron chi connectivity index (χ2n) is 4.33. The van der Waals surface area contributed by atoms with Crippen molar-refractivity contribution in [3.8, 4) is 0 Å². The van der Waals surface area contributed by atoms with E-state index in [9.17, 15) is 0 Å². The normalized spacial score (nSPS) is 13.5. The molecule has 0 aromatic carbocycles. The highest BCUT2D eigenvalue weighted by molar-refractivity contribution is 4.48. The number of aliphatic hydroxyl groups excluding tert-OH is 1. The third-order valence-corrected chi connectivity index (χ3v) is 2.34. The van der Waals surface area contributed by atoms with Crippen molar-refractivity contribution in [2.45, 2.75) is 65.6 Å². The van der Waals surface area contributed by atoms with Crippen molar-refractivity contribution in [2.75, 3.05) is 6.61 Å². The van der Waals surface area contributed by atoms with Crippen LogP contribution >= 0.6 is 0 Å². The maximum absolute atomic E-state index is 9.11. The first-order valence-corrected chi connectivity index (χ1v) is 5.96. The molecule has 0 rings (SSSR count). The summed E-state index contributed by atoms with van der Waals surface area (Å²) in [4.78, 5) is 0. The topological polar surface area (TPSA) is 29.5 Å². The Morgan fingerprint density at radius 3 is 2.29 bits per heavy atom. The first kappa shape index (κ1) is 13.9. The van der Waals surface area contributed by atoms with E-state index in [1.165, 1.54) is 25.7 Å². The molecule has 2 nitrogen and oxygen atoms in total. The average molecular weight is 202 g/mol. The molecular formula is C12H26O2. The van der Waals surface area contributed by atoms with Gasteiger partial charge >= 0.3 is 0 Å². The van der Waals surface area contributed by atoms with Gasteiger partial charge in [-0.25, -0.2) is 0 Å². The smallest absolute Gasteiger partial charge is 0.154 e. The fraction of sp³-hybridized carbons (Fsp3) is 1.00. The molecule has 0 spiro atoms. The van der Waals surface area contributed by atoms with E-state index in [2.05, 4.69) is 13.8 Å². The van der Waals surface area contributed by atoms with Crippen LogP contribution in [0.4, 0.5) is 0 Å². The highest BCUT2D eigenvalue weighted by Gasteiger charge is 1.99. The van der Waals surface area contributed by atoms with E-state index in [4.69, 9.17) is 9.84 Å². The summed E-state index contributed by atoms with van der Waals surface area (Å²) in [7, 11) is 0. The Labute approximate surface area is 88.7 Å². The van der Waals surface area contributed by atoms with Gasteiger partial charge in [-0.05, 0) is 18.8 Å². The Morgan fingerprint density at radius 2 is 1.71 bits per heavy atom. The lowest BCUT2D eigenvalue weighted by Gasteiger charge is -2.09. The van der Waals surface area contributed by atoms with Crippen LogP contribution in [0.15, 0.2) is 0 Å². The van der Waals surface area contributed by atoms with E-state index >= 15 is 0 Å². The molecule has 1 N–H and O–H groups in total. The van der Waals surface area contributed by atoms with Crippen LogP contribution in [-0.4, -0.2) is 18.0 Å². The zero-order chi connectivity index (χ0) is 10.8. The van der Waals surface area contributed by atoms with E-state index in [1.807, 2.05) is 6.92 Å². The van der Waals surface area contributed by atoms with Gasteiger partial charge in [0.15, 0.2) is 6.29 Å². The molecule has 0 saturated carbocycles. The lowest BCUT2D eigenvalue weighted by Crippen LogP contribution is -2.10. The summed E-state index contributed by atoms with van der Waals surface area (Å²) in [6, 6.07) is 0. The van der Waals surface area contributed by atoms with Gasteiger partial charge in [0.25, 0.3) is 0 Å². The van der Waals surface area contributed by atoms with Crippen molar-refractivity contribution >= 4 is 0 Å². The summed E-state index contributed by atoms with van der Waals surface area (Å²) in [6.45, 7) is 7.16. The van der Waals surface area contributed by atoms with Crippen molar-refractivity contribution in [3.05, 3.63) is 0 Å². The van der Waals surface area contributed by atoms with E-state index in [0.717, 1.165) is 12.3 Å². The fourth-order valence-corrected chi connectivity index (χ4v) is 1.35. The molecule has 0 aliphatic heterocycles. The van der Waals surface area contributed by atoms with Crippen LogP contribution in [-0.2, 0) is 4.74 Å². The molecule has 0 aromatic heterocycles. The van der Waals surface area contributed by atoms with Crippen LogP contribution in [0.1, 0.15) is 59.3 Å². The Kier molecular flexibility index (Phi) is 9.42. The SMILES string of the molecule is CCC(O)OCCCCCCC(C)C. The molecule has 2 heteroatoms. The van der Waals surface area contributed by atoms with Crippen LogP contribution in [0.5, 0.6) is 0 Å². The van der Waals surface area contributed by atoms with Crippen molar-refractivity contribution in [3.63, 3.8) is 0 Å². The molecule has 0 aliphatic carbocycles. The van der Waals surface area contributed by atoms with E-state index in [1.54, 1.807) is 0 Å². The van der Waals surface area contributed by atoms with Gasteiger partial charge in [-0.1, -0.05) is 46.5 Å². The molecule has 0 aromatic rings. The van der Waals surface area contributed by atoms with Crippen molar-refractivity contribution in [2.24, 2.45) is 5.92 Å². The lowest BCUT2D eigenvalue weighted by atomic mass is 10.0. The number of rotatable bonds is 9. The van der Waals surface area contributed by atoms with Gasteiger partial charge in [0.2, 0.25) is 0 Å². The van der Waals surface area contributed by atoms with Gasteiger partial charge in [-0.2, -0.15) is 0 Å². The minimum atomic E-state index is -0.550. The Balaban J connectivity index is 2.99. The summed E-state index contributed by atoms with van der Waals surface area (Å²) >= 11 is 0. The van der Waals surface area contributed by atoms with Gasteiger partial charge in [-0.15, -0.1) is 0 Å². The number of ether oxygens (including phenoxy) is 1. The Hall–Kier alpha value is -0.0800. The second-order valence-corrected chi connectivity index (χ2v) is 4.33. The Morgan fingerprint density at radius 1 is 1.07 bits per heavy atom. The van der Waals surface area contributed by atoms with E-state index in [0.29, 0.717) is 13.0 Å². The predicted octanol–water partition coefficient (Wildman–Crippen LogP) is 3.34. The molecule has 0 aliphatic rings. The summed E-state index contributed by atoms with van der Waals surface area (Å²) in [5.74, 6) is 0.827. The first-order valence-electron chi connectivity index (χ1n) is 5.96. The second kappa shape index (κ2) is 9.47. The molecule has 0 saturated heterocycles. The Bertz CT molecular complexity index is 113. The van der Waals surface area contributed by atoms with Gasteiger partial charge < -0.3 is 9.84 Å². The minimum absolute atomic E-state index is 0.550. The quantitative estimate of drug-likeness (QED) is 0.459. The number of hydrogen-bond acceptors (Lipinski definition) is 2. The highest BCUT2D eigenvalue weighted by Crippen LogP contribution is 2.09. The standard InChI is InChI=1S/C12H26O2/c1-4-12(13)14-10-8-6-5-7-9-11(2)3/h11-13H,4-10H2,1-3H3. The van der Waals surface area contributed by atoms with Crippen LogP contribution < -0.4 is 0 Å². The van der Waals surface area contributed by atoms with Crippen LogP contribution in [0.25, 0.3) is 0 Å². The zero-order valence-electron chi connectivity index (χ0n) is 9.96. The maximum atomic E-state index is 9.11. The first-order chi connectivity index (χ1) is 6.66. The number of aliphatic hydroxyl groups is 1. The van der Waals surface area contributed by atoms with Gasteiger partial charge in [0.1, 0.15) is 0 Å². The van der Waals surface area contributed by atoms with Crippen molar-refractivity contribution in [1.29, 1.82) is 0 Å². The maximum Gasteiger partial charge on any atom is 0.154 e. The van der Waals surface area contributed by atoms with Gasteiger partial charge in [0, 0.05) is 6.61 Å². The molecule has 14 heavy (non-hydrogen) atoms. The summed E-state index contributed by atoms with van der Waals surface area (Å²) in [5, 5.41) is 9.11. The third kappa shape index (κ3) is 10.0. The minimum Gasteiger partial charge on any atom is -0.368 e. The van der Waals surface area contributed by atoms with Crippen LogP contribution in [0.3, 0.4) is 0 Å². The molecule has 0 heterocycles. The van der Waals surface area contributed by atoms with Gasteiger partial charge in [0.05, 0.1) is 0 Å². The monoisotopic (exact) mass is 202 g/mol. The zero-order valence-corrected chi connectivity index (χ0v) is 9.96. The molecule has 1 atom stereocenters. The molecule has 0 fully saturated rings. The highest BCUT2D eigenvalue weighted by atomic mass is 16.6. The summed E-state index contributed by atoms with van der Waals surface area (Å²) < 4.78 is 5.17. The largest absolute Gasteiger partial charge is 0.368 e. The van der Waals surface area contributed by atoms with Gasteiger partial charge in [-0.3, -0.25) is 0 Å². The van der Waals surface area contributed by atoms with Crippen molar-refractivity contribution < 1.29 is 9.84 Å². The third-order valence-electron chi connectivity index (χ3n) is 2.34. The average Bonchev–Trinajstić information content (AvgIpc) is 2.15. The molecule has 0 bridgehead atoms. The predicted molar refractivity (Wildman–Crippen MR) is 60.2 cm³/mol. The number of hydrogen-bond donors (Lipinski definition) is 1. The molecule has 0 amide bonds. The summed E-state index contributed by atoms with van der Waals surface area (Å²) in [6.07, 6.45) is 6.40. The molecular weight excluding hydrogens is 176 g/mol.